The number of aromatic hydroxyl groups is 1. The van der Waals surface area contributed by atoms with Crippen LogP contribution in [0.1, 0.15) is 0 Å². The molecule has 1 aromatic rings. The van der Waals surface area contributed by atoms with Gasteiger partial charge in [0, 0.05) is 0 Å². The first-order valence-corrected chi connectivity index (χ1v) is 1.94. The lowest BCUT2D eigenvalue weighted by Crippen LogP contribution is -1.61. The molecule has 38 valence electrons. The normalized spacial score (nSPS) is 9.14. The molecule has 0 aromatic carbocycles. The van der Waals surface area contributed by atoms with E-state index in [0.29, 0.717) is 0 Å². The van der Waals surface area contributed by atoms with Crippen molar-refractivity contribution in [2.45, 2.75) is 0 Å². The first-order chi connectivity index (χ1) is 3.29. The van der Waals surface area contributed by atoms with Crippen LogP contribution in [0.4, 0.5) is 0 Å². The Morgan fingerprint density at radius 2 is 2.57 bits per heavy atom. The molecule has 0 unspecified atom stereocenters. The predicted molar refractivity (Wildman–Crippen MR) is 23.4 cm³/mol. The molecule has 1 rings (SSSR count). The molecule has 7 heavy (non-hydrogen) atoms. The van der Waals surface area contributed by atoms with Gasteiger partial charge in [0.25, 0.3) is 4.84 Å². The zero-order valence-corrected chi connectivity index (χ0v) is 4.03. The molecule has 4 nitrogen and oxygen atoms in total. The van der Waals surface area contributed by atoms with Gasteiger partial charge in [0.1, 0.15) is 0 Å². The van der Waals surface area contributed by atoms with Gasteiger partial charge in [-0.1, -0.05) is 5.10 Å². The van der Waals surface area contributed by atoms with Gasteiger partial charge in [-0.05, 0) is 12.2 Å². The van der Waals surface area contributed by atoms with E-state index in [1.54, 1.807) is 0 Å². The topological polar surface area (TPSA) is 62.1 Å². The van der Waals surface area contributed by atoms with Crippen LogP contribution in [0.25, 0.3) is 0 Å². The smallest absolute Gasteiger partial charge is 0.410 e. The first-order valence-electron chi connectivity index (χ1n) is 1.53. The summed E-state index contributed by atoms with van der Waals surface area (Å²) in [6, 6.07) is 0. The fraction of sp³-hybridized carbons (Fsp3) is 0. The summed E-state index contributed by atoms with van der Waals surface area (Å²) in [6.07, 6.45) is -0.426. The monoisotopic (exact) mass is 118 g/mol. The van der Waals surface area contributed by atoms with Gasteiger partial charge in [-0.3, -0.25) is 0 Å². The molecule has 0 bridgehead atoms. The Labute approximate surface area is 43.8 Å². The van der Waals surface area contributed by atoms with Crippen molar-refractivity contribution >= 4 is 12.2 Å². The van der Waals surface area contributed by atoms with Gasteiger partial charge in [-0.25, -0.2) is 5.10 Å². The number of aromatic amines is 1. The van der Waals surface area contributed by atoms with E-state index in [1.165, 1.54) is 0 Å². The summed E-state index contributed by atoms with van der Waals surface area (Å²) in [5.41, 5.74) is 0. The van der Waals surface area contributed by atoms with Gasteiger partial charge in [0.15, 0.2) is 0 Å². The lowest BCUT2D eigenvalue weighted by atomic mass is 11.4. The molecule has 0 aliphatic carbocycles. The van der Waals surface area contributed by atoms with E-state index in [1.807, 2.05) is 0 Å². The summed E-state index contributed by atoms with van der Waals surface area (Å²) in [6.45, 7) is 0. The van der Waals surface area contributed by atoms with E-state index in [0.717, 1.165) is 0 Å². The van der Waals surface area contributed by atoms with E-state index < -0.39 is 6.08 Å². The molecule has 0 saturated carbocycles. The minimum Gasteiger partial charge on any atom is -0.465 e. The van der Waals surface area contributed by atoms with E-state index in [9.17, 15) is 0 Å². The Bertz CT molecular complexity index is 201. The average molecular weight is 118 g/mol. The Morgan fingerprint density at radius 1 is 1.86 bits per heavy atom. The molecule has 0 aliphatic heterocycles. The van der Waals surface area contributed by atoms with Crippen LogP contribution in [0, 0.1) is 4.84 Å². The molecule has 2 N–H and O–H groups in total. The summed E-state index contributed by atoms with van der Waals surface area (Å²) >= 11 is 4.39. The van der Waals surface area contributed by atoms with Crippen molar-refractivity contribution in [1.29, 1.82) is 0 Å². The average Bonchev–Trinajstić information content (AvgIpc) is 1.87. The molecule has 0 spiro atoms. The van der Waals surface area contributed by atoms with Crippen molar-refractivity contribution in [3.63, 3.8) is 0 Å². The van der Waals surface area contributed by atoms with Crippen molar-refractivity contribution in [2.24, 2.45) is 0 Å². The fourth-order valence-corrected chi connectivity index (χ4v) is 0.342. The highest BCUT2D eigenvalue weighted by Gasteiger charge is 1.87. The van der Waals surface area contributed by atoms with Crippen LogP contribution in [0.2, 0.25) is 0 Å². The maximum Gasteiger partial charge on any atom is 0.410 e. The summed E-state index contributed by atoms with van der Waals surface area (Å²) in [7, 11) is 0. The third-order valence-corrected chi connectivity index (χ3v) is 0.601. The summed E-state index contributed by atoms with van der Waals surface area (Å²) in [4.78, 5) is 0.0810. The number of hydrogen-bond donors (Lipinski definition) is 2. The van der Waals surface area contributed by atoms with Crippen LogP contribution in [0.15, 0.2) is 4.42 Å². The quantitative estimate of drug-likeness (QED) is 0.485. The fourth-order valence-electron chi connectivity index (χ4n) is 0.222. The van der Waals surface area contributed by atoms with Crippen LogP contribution >= 0.6 is 12.2 Å². The number of hydrogen-bond acceptors (Lipinski definition) is 4. The van der Waals surface area contributed by atoms with E-state index in [2.05, 4.69) is 26.8 Å². The highest BCUT2D eigenvalue weighted by Crippen LogP contribution is 1.98. The molecule has 0 aliphatic rings. The van der Waals surface area contributed by atoms with Gasteiger partial charge in [0.05, 0.1) is 0 Å². The van der Waals surface area contributed by atoms with E-state index in [4.69, 9.17) is 5.11 Å². The Hall–Kier alpha value is -0.840. The minimum atomic E-state index is -0.426. The zero-order valence-electron chi connectivity index (χ0n) is 3.21. The van der Waals surface area contributed by atoms with Gasteiger partial charge in [0.2, 0.25) is 0 Å². The number of aromatic nitrogens is 2. The van der Waals surface area contributed by atoms with Crippen LogP contribution in [0.5, 0.6) is 6.08 Å². The highest BCUT2D eigenvalue weighted by molar-refractivity contribution is 7.71. The van der Waals surface area contributed by atoms with Gasteiger partial charge in [-0.15, -0.1) is 0 Å². The molecule has 0 atom stereocenters. The van der Waals surface area contributed by atoms with Crippen LogP contribution in [0.3, 0.4) is 0 Å². The SMILES string of the molecule is Oc1n[nH]c(=S)o1. The van der Waals surface area contributed by atoms with Crippen molar-refractivity contribution in [2.75, 3.05) is 0 Å². The number of nitrogens with zero attached hydrogens (tertiary/aromatic N) is 1. The molecular weight excluding hydrogens is 116 g/mol. The molecule has 0 radical (unpaired) electrons. The number of rotatable bonds is 0. The van der Waals surface area contributed by atoms with Crippen molar-refractivity contribution in [3.8, 4) is 6.08 Å². The largest absolute Gasteiger partial charge is 0.465 e. The van der Waals surface area contributed by atoms with Crippen LogP contribution < -0.4 is 0 Å². The maximum absolute atomic E-state index is 8.28. The van der Waals surface area contributed by atoms with E-state index in [-0.39, 0.29) is 4.84 Å². The second-order valence-corrected chi connectivity index (χ2v) is 1.27. The standard InChI is InChI=1S/C2H2N2O2S/c5-1-3-4-2(7)6-1/h(H,3,5)(H,4,7). The molecular formula is C2H2N2O2S. The third kappa shape index (κ3) is 0.774. The summed E-state index contributed by atoms with van der Waals surface area (Å²) < 4.78 is 4.29. The second-order valence-electron chi connectivity index (χ2n) is 0.896. The van der Waals surface area contributed by atoms with Crippen LogP contribution in [-0.2, 0) is 0 Å². The Morgan fingerprint density at radius 3 is 2.71 bits per heavy atom. The molecule has 1 heterocycles. The molecule has 0 saturated heterocycles. The molecule has 0 fully saturated rings. The Balaban J connectivity index is 3.30. The zero-order chi connectivity index (χ0) is 5.28. The van der Waals surface area contributed by atoms with Gasteiger partial charge < -0.3 is 9.52 Å². The maximum atomic E-state index is 8.28. The highest BCUT2D eigenvalue weighted by atomic mass is 32.1. The van der Waals surface area contributed by atoms with Crippen molar-refractivity contribution in [3.05, 3.63) is 4.84 Å². The van der Waals surface area contributed by atoms with E-state index >= 15 is 0 Å². The van der Waals surface area contributed by atoms with Crippen LogP contribution in [-0.4, -0.2) is 15.3 Å². The van der Waals surface area contributed by atoms with Gasteiger partial charge in [-0.2, -0.15) is 0 Å². The summed E-state index contributed by atoms with van der Waals surface area (Å²) in [5, 5.41) is 13.7. The third-order valence-electron chi connectivity index (χ3n) is 0.427. The Kier molecular flexibility index (Phi) is 0.828. The lowest BCUT2D eigenvalue weighted by Gasteiger charge is -1.65. The second kappa shape index (κ2) is 1.34. The number of H-pyrrole nitrogens is 1. The lowest BCUT2D eigenvalue weighted by molar-refractivity contribution is 0.312. The first kappa shape index (κ1) is 4.32. The predicted octanol–water partition coefficient (Wildman–Crippen LogP) is 0.438. The van der Waals surface area contributed by atoms with Gasteiger partial charge >= 0.3 is 6.08 Å². The molecule has 1 aromatic heterocycles. The molecule has 0 amide bonds. The summed E-state index contributed by atoms with van der Waals surface area (Å²) in [5.74, 6) is 0. The number of nitrogens with one attached hydrogen (secondary N) is 1. The van der Waals surface area contributed by atoms with Crippen molar-refractivity contribution in [1.82, 2.24) is 10.2 Å². The van der Waals surface area contributed by atoms with Crippen molar-refractivity contribution < 1.29 is 9.52 Å². The minimum absolute atomic E-state index is 0.0810. The molecule has 5 heteroatoms.